The Balaban J connectivity index is 1.39. The molecule has 3 N–H and O–H groups in total. The van der Waals surface area contributed by atoms with Crippen LogP contribution in [0.2, 0.25) is 5.02 Å². The minimum atomic E-state index is -4.02. The SMILES string of the molecule is O=C(Nc1ccc(F)c(F)c1)c1ccc(Cl)c(S(=O)(=O)[C@@H]2CC3CC[C@@H](C2)[C@@]3(O)[C@@H](O)c2nccs2)c1. The fraction of sp³-hybridized carbons (Fsp3) is 0.360. The molecule has 1 heterocycles. The van der Waals surface area contributed by atoms with Crippen molar-refractivity contribution in [3.8, 4) is 0 Å². The summed E-state index contributed by atoms with van der Waals surface area (Å²) in [6.45, 7) is 0. The Kier molecular flexibility index (Phi) is 6.86. The topological polar surface area (TPSA) is 117 Å². The fourth-order valence-corrected chi connectivity index (χ4v) is 8.73. The van der Waals surface area contributed by atoms with E-state index in [1.165, 1.54) is 35.6 Å². The minimum Gasteiger partial charge on any atom is -0.386 e. The molecule has 1 unspecified atom stereocenters. The average molecular weight is 569 g/mol. The van der Waals surface area contributed by atoms with Crippen LogP contribution in [0.5, 0.6) is 0 Å². The summed E-state index contributed by atoms with van der Waals surface area (Å²) in [6, 6.07) is 6.68. The number of thiazole rings is 1. The van der Waals surface area contributed by atoms with Gasteiger partial charge in [-0.25, -0.2) is 22.2 Å². The molecule has 1 aromatic heterocycles. The van der Waals surface area contributed by atoms with Crippen LogP contribution in [0.4, 0.5) is 14.5 Å². The summed E-state index contributed by atoms with van der Waals surface area (Å²) in [6.07, 6.45) is 1.72. The van der Waals surface area contributed by atoms with Crippen LogP contribution < -0.4 is 5.32 Å². The molecule has 2 aliphatic carbocycles. The summed E-state index contributed by atoms with van der Waals surface area (Å²) in [5.41, 5.74) is -1.49. The van der Waals surface area contributed by atoms with E-state index in [2.05, 4.69) is 10.3 Å². The molecule has 7 nitrogen and oxygen atoms in total. The van der Waals surface area contributed by atoms with E-state index in [1.54, 1.807) is 11.6 Å². The van der Waals surface area contributed by atoms with Gasteiger partial charge in [-0.15, -0.1) is 11.3 Å². The zero-order valence-corrected chi connectivity index (χ0v) is 21.7. The highest BCUT2D eigenvalue weighted by Crippen LogP contribution is 2.56. The van der Waals surface area contributed by atoms with Gasteiger partial charge in [-0.1, -0.05) is 11.6 Å². The summed E-state index contributed by atoms with van der Waals surface area (Å²) in [5.74, 6) is -3.83. The van der Waals surface area contributed by atoms with Crippen molar-refractivity contribution in [1.82, 2.24) is 4.98 Å². The smallest absolute Gasteiger partial charge is 0.255 e. The summed E-state index contributed by atoms with van der Waals surface area (Å²) in [7, 11) is -4.02. The molecule has 2 aromatic carbocycles. The van der Waals surface area contributed by atoms with E-state index >= 15 is 0 Å². The van der Waals surface area contributed by atoms with E-state index < -0.39 is 56.2 Å². The number of carbonyl (C=O) groups excluding carboxylic acids is 1. The van der Waals surface area contributed by atoms with Crippen LogP contribution in [0.3, 0.4) is 0 Å². The summed E-state index contributed by atoms with van der Waals surface area (Å²) in [4.78, 5) is 16.6. The van der Waals surface area contributed by atoms with Gasteiger partial charge in [0.1, 0.15) is 16.7 Å². The number of nitrogens with zero attached hydrogens (tertiary/aromatic N) is 1. The predicted octanol–water partition coefficient (Wildman–Crippen LogP) is 4.75. The molecular weight excluding hydrogens is 546 g/mol. The third kappa shape index (κ3) is 4.57. The van der Waals surface area contributed by atoms with Gasteiger partial charge in [-0.2, -0.15) is 0 Å². The van der Waals surface area contributed by atoms with Crippen molar-refractivity contribution in [3.63, 3.8) is 0 Å². The molecule has 1 amide bonds. The first-order chi connectivity index (χ1) is 17.5. The van der Waals surface area contributed by atoms with E-state index in [-0.39, 0.29) is 34.0 Å². The molecule has 196 valence electrons. The van der Waals surface area contributed by atoms with Crippen LogP contribution in [-0.2, 0) is 9.84 Å². The van der Waals surface area contributed by atoms with Crippen molar-refractivity contribution in [2.45, 2.75) is 47.5 Å². The predicted molar refractivity (Wildman–Crippen MR) is 134 cm³/mol. The Labute approximate surface area is 221 Å². The van der Waals surface area contributed by atoms with Crippen molar-refractivity contribution in [2.24, 2.45) is 11.8 Å². The number of hydrogen-bond donors (Lipinski definition) is 3. The number of anilines is 1. The second kappa shape index (κ2) is 9.70. The number of aliphatic hydroxyl groups excluding tert-OH is 1. The molecule has 3 aromatic rings. The maximum atomic E-state index is 13.7. The third-order valence-electron chi connectivity index (χ3n) is 7.51. The number of fused-ring (bicyclic) bond motifs is 2. The molecule has 0 aliphatic heterocycles. The molecule has 2 bridgehead atoms. The normalized spacial score (nSPS) is 26.1. The fourth-order valence-electron chi connectivity index (χ4n) is 5.63. The molecule has 2 saturated carbocycles. The highest BCUT2D eigenvalue weighted by Gasteiger charge is 2.59. The molecule has 0 radical (unpaired) electrons. The third-order valence-corrected chi connectivity index (χ3v) is 11.0. The maximum absolute atomic E-state index is 13.7. The molecule has 5 rings (SSSR count). The van der Waals surface area contributed by atoms with Gasteiger partial charge in [0.05, 0.1) is 15.2 Å². The molecule has 12 heteroatoms. The quantitative estimate of drug-likeness (QED) is 0.395. The van der Waals surface area contributed by atoms with Gasteiger partial charge >= 0.3 is 0 Å². The molecule has 2 aliphatic rings. The first kappa shape index (κ1) is 26.2. The van der Waals surface area contributed by atoms with E-state index in [0.29, 0.717) is 17.8 Å². The number of hydrogen-bond acceptors (Lipinski definition) is 7. The largest absolute Gasteiger partial charge is 0.386 e. The summed E-state index contributed by atoms with van der Waals surface area (Å²) >= 11 is 7.50. The van der Waals surface area contributed by atoms with Gasteiger partial charge in [0.15, 0.2) is 21.5 Å². The zero-order valence-electron chi connectivity index (χ0n) is 19.3. The van der Waals surface area contributed by atoms with Crippen LogP contribution in [0, 0.1) is 23.5 Å². The van der Waals surface area contributed by atoms with Gasteiger partial charge in [0.25, 0.3) is 5.91 Å². The molecule has 0 spiro atoms. The minimum absolute atomic E-state index is 0.00480. The van der Waals surface area contributed by atoms with Gasteiger partial charge in [0, 0.05) is 28.9 Å². The highest BCUT2D eigenvalue weighted by atomic mass is 35.5. The van der Waals surface area contributed by atoms with Gasteiger partial charge in [0.2, 0.25) is 0 Å². The number of halogens is 3. The average Bonchev–Trinajstić information content (AvgIpc) is 3.43. The van der Waals surface area contributed by atoms with Crippen LogP contribution in [0.25, 0.3) is 0 Å². The Morgan fingerprint density at radius 2 is 1.84 bits per heavy atom. The monoisotopic (exact) mass is 568 g/mol. The molecule has 37 heavy (non-hydrogen) atoms. The zero-order chi connectivity index (χ0) is 26.5. The molecule has 0 saturated heterocycles. The Morgan fingerprint density at radius 3 is 2.46 bits per heavy atom. The second-order valence-corrected chi connectivity index (χ2v) is 13.0. The van der Waals surface area contributed by atoms with E-state index in [9.17, 15) is 32.2 Å². The molecule has 5 atom stereocenters. The second-order valence-electron chi connectivity index (χ2n) is 9.50. The Hall–Kier alpha value is -2.44. The van der Waals surface area contributed by atoms with Gasteiger partial charge in [-0.3, -0.25) is 4.79 Å². The van der Waals surface area contributed by atoms with Crippen molar-refractivity contribution < 1.29 is 32.2 Å². The van der Waals surface area contributed by atoms with Crippen molar-refractivity contribution in [3.05, 3.63) is 75.2 Å². The Bertz CT molecular complexity index is 1440. The lowest BCUT2D eigenvalue weighted by Gasteiger charge is -2.44. The molecule has 2 fully saturated rings. The lowest BCUT2D eigenvalue weighted by atomic mass is 9.71. The number of benzene rings is 2. The number of rotatable bonds is 6. The van der Waals surface area contributed by atoms with Gasteiger partial charge < -0.3 is 15.5 Å². The number of sulfone groups is 1. The molecular formula is C25H23ClF2N2O5S2. The lowest BCUT2D eigenvalue weighted by Crippen LogP contribution is -2.52. The number of amides is 1. The summed E-state index contributed by atoms with van der Waals surface area (Å²) in [5, 5.41) is 26.0. The van der Waals surface area contributed by atoms with E-state index in [1.807, 2.05) is 0 Å². The van der Waals surface area contributed by atoms with Crippen LogP contribution in [0.1, 0.15) is 47.2 Å². The van der Waals surface area contributed by atoms with Crippen molar-refractivity contribution in [1.29, 1.82) is 0 Å². The lowest BCUT2D eigenvalue weighted by molar-refractivity contribution is -0.144. The van der Waals surface area contributed by atoms with Gasteiger partial charge in [-0.05, 0) is 67.9 Å². The number of aromatic nitrogens is 1. The summed E-state index contributed by atoms with van der Waals surface area (Å²) < 4.78 is 54.1. The maximum Gasteiger partial charge on any atom is 0.255 e. The van der Waals surface area contributed by atoms with E-state index in [0.717, 1.165) is 12.1 Å². The standard InChI is InChI=1S/C25H23ClF2N2O5S2/c26-18-5-1-13(23(32)30-16-4-6-19(27)20(28)12-16)9-21(18)37(34,35)17-10-14-2-3-15(11-17)25(14,33)22(31)24-29-7-8-36-24/h1,4-9,12,14-15,17,22,31,33H,2-3,10-11H2,(H,30,32)/t14-,15?,17-,22-,25-/m0/s1. The van der Waals surface area contributed by atoms with Crippen LogP contribution in [-0.4, -0.2) is 40.4 Å². The van der Waals surface area contributed by atoms with Crippen LogP contribution >= 0.6 is 22.9 Å². The first-order valence-corrected chi connectivity index (χ1v) is 14.4. The van der Waals surface area contributed by atoms with Crippen molar-refractivity contribution >= 4 is 44.4 Å². The highest BCUT2D eigenvalue weighted by molar-refractivity contribution is 7.92. The number of nitrogens with one attached hydrogen (secondary N) is 1. The number of carbonyl (C=O) groups is 1. The van der Waals surface area contributed by atoms with E-state index in [4.69, 9.17) is 11.6 Å². The first-order valence-electron chi connectivity index (χ1n) is 11.6. The Morgan fingerprint density at radius 1 is 1.14 bits per heavy atom. The number of aliphatic hydroxyl groups is 2. The van der Waals surface area contributed by atoms with Crippen molar-refractivity contribution in [2.75, 3.05) is 5.32 Å². The van der Waals surface area contributed by atoms with Crippen LogP contribution in [0.15, 0.2) is 52.9 Å².